The van der Waals surface area contributed by atoms with Crippen molar-refractivity contribution < 1.29 is 14.3 Å². The first-order chi connectivity index (χ1) is 12.4. The lowest BCUT2D eigenvalue weighted by atomic mass is 10.1. The Morgan fingerprint density at radius 1 is 1.12 bits per heavy atom. The molecule has 0 spiro atoms. The molecule has 132 valence electrons. The van der Waals surface area contributed by atoms with E-state index in [4.69, 9.17) is 16.3 Å². The molecular formula is C19H16ClN3O3. The third-order valence-electron chi connectivity index (χ3n) is 3.32. The molecular weight excluding hydrogens is 354 g/mol. The molecule has 2 aromatic rings. The van der Waals surface area contributed by atoms with Crippen LogP contribution >= 0.6 is 11.6 Å². The first-order valence-electron chi connectivity index (χ1n) is 7.57. The van der Waals surface area contributed by atoms with Crippen LogP contribution in [0.15, 0.2) is 48.0 Å². The predicted octanol–water partition coefficient (Wildman–Crippen LogP) is 3.85. The van der Waals surface area contributed by atoms with E-state index >= 15 is 0 Å². The summed E-state index contributed by atoms with van der Waals surface area (Å²) in [5.74, 6) is -0.247. The molecule has 0 saturated heterocycles. The second-order valence-corrected chi connectivity index (χ2v) is 5.68. The molecule has 0 heterocycles. The van der Waals surface area contributed by atoms with Gasteiger partial charge in [0.1, 0.15) is 17.4 Å². The molecule has 0 aliphatic carbocycles. The zero-order valence-corrected chi connectivity index (χ0v) is 14.9. The zero-order chi connectivity index (χ0) is 19.1. The van der Waals surface area contributed by atoms with Crippen LogP contribution in [-0.4, -0.2) is 18.9 Å². The molecule has 7 heteroatoms. The van der Waals surface area contributed by atoms with Crippen molar-refractivity contribution >= 4 is 40.9 Å². The van der Waals surface area contributed by atoms with Crippen LogP contribution in [0.25, 0.3) is 6.08 Å². The zero-order valence-electron chi connectivity index (χ0n) is 14.2. The molecule has 0 saturated carbocycles. The van der Waals surface area contributed by atoms with Gasteiger partial charge in [-0.2, -0.15) is 5.26 Å². The summed E-state index contributed by atoms with van der Waals surface area (Å²) in [5, 5.41) is 14.9. The van der Waals surface area contributed by atoms with E-state index < -0.39 is 5.91 Å². The lowest BCUT2D eigenvalue weighted by Gasteiger charge is -2.07. The molecule has 2 amide bonds. The van der Waals surface area contributed by atoms with Crippen LogP contribution in [-0.2, 0) is 9.59 Å². The van der Waals surface area contributed by atoms with Gasteiger partial charge < -0.3 is 15.4 Å². The fourth-order valence-corrected chi connectivity index (χ4v) is 2.38. The maximum absolute atomic E-state index is 12.3. The Morgan fingerprint density at radius 3 is 2.31 bits per heavy atom. The predicted molar refractivity (Wildman–Crippen MR) is 101 cm³/mol. The van der Waals surface area contributed by atoms with E-state index in [1.54, 1.807) is 36.4 Å². The number of ether oxygens (including phenoxy) is 1. The van der Waals surface area contributed by atoms with E-state index in [9.17, 15) is 14.9 Å². The molecule has 2 aromatic carbocycles. The lowest BCUT2D eigenvalue weighted by Crippen LogP contribution is -2.13. The summed E-state index contributed by atoms with van der Waals surface area (Å²) in [6.45, 7) is 1.41. The minimum absolute atomic E-state index is 0.0655. The van der Waals surface area contributed by atoms with Gasteiger partial charge >= 0.3 is 0 Å². The number of carbonyl (C=O) groups is 2. The van der Waals surface area contributed by atoms with Crippen molar-refractivity contribution in [2.75, 3.05) is 17.7 Å². The van der Waals surface area contributed by atoms with Gasteiger partial charge in [0.2, 0.25) is 5.91 Å². The summed E-state index contributed by atoms with van der Waals surface area (Å²) in [6, 6.07) is 13.4. The van der Waals surface area contributed by atoms with Crippen molar-refractivity contribution in [1.82, 2.24) is 0 Å². The molecule has 26 heavy (non-hydrogen) atoms. The van der Waals surface area contributed by atoms with Gasteiger partial charge in [-0.25, -0.2) is 0 Å². The summed E-state index contributed by atoms with van der Waals surface area (Å²) in [7, 11) is 1.49. The smallest absolute Gasteiger partial charge is 0.266 e. The first-order valence-corrected chi connectivity index (χ1v) is 7.95. The van der Waals surface area contributed by atoms with Crippen molar-refractivity contribution in [2.45, 2.75) is 6.92 Å². The van der Waals surface area contributed by atoms with Crippen molar-refractivity contribution in [3.8, 4) is 11.8 Å². The molecule has 0 aliphatic heterocycles. The third-order valence-corrected chi connectivity index (χ3v) is 3.61. The van der Waals surface area contributed by atoms with Gasteiger partial charge in [-0.05, 0) is 42.0 Å². The van der Waals surface area contributed by atoms with Crippen molar-refractivity contribution in [1.29, 1.82) is 5.26 Å². The summed E-state index contributed by atoms with van der Waals surface area (Å²) in [4.78, 5) is 23.3. The number of amides is 2. The van der Waals surface area contributed by atoms with Crippen LogP contribution in [0, 0.1) is 11.3 Å². The number of carbonyl (C=O) groups excluding carboxylic acids is 2. The van der Waals surface area contributed by atoms with Crippen LogP contribution < -0.4 is 15.4 Å². The summed E-state index contributed by atoms with van der Waals surface area (Å²) in [6.07, 6.45) is 1.46. The Hall–Kier alpha value is -3.30. The van der Waals surface area contributed by atoms with Crippen molar-refractivity contribution in [3.05, 3.63) is 58.6 Å². The monoisotopic (exact) mass is 369 g/mol. The minimum Gasteiger partial charge on any atom is -0.495 e. The summed E-state index contributed by atoms with van der Waals surface area (Å²) < 4.78 is 5.05. The number of hydrogen-bond acceptors (Lipinski definition) is 4. The van der Waals surface area contributed by atoms with Crippen LogP contribution in [0.4, 0.5) is 11.4 Å². The van der Waals surface area contributed by atoms with Gasteiger partial charge in [0.25, 0.3) is 5.91 Å². The molecule has 6 nitrogen and oxygen atoms in total. The fourth-order valence-electron chi connectivity index (χ4n) is 2.12. The number of anilines is 2. The Kier molecular flexibility index (Phi) is 6.36. The number of halogens is 1. The van der Waals surface area contributed by atoms with E-state index in [0.717, 1.165) is 0 Å². The van der Waals surface area contributed by atoms with E-state index in [-0.39, 0.29) is 11.5 Å². The SMILES string of the molecule is COc1ccc(NC(=O)/C(C#N)=C\c2ccc(NC(C)=O)cc2)cc1Cl. The highest BCUT2D eigenvalue weighted by Crippen LogP contribution is 2.27. The molecule has 0 bridgehead atoms. The number of methoxy groups -OCH3 is 1. The quantitative estimate of drug-likeness (QED) is 0.618. The number of nitriles is 1. The van der Waals surface area contributed by atoms with Gasteiger partial charge in [0.05, 0.1) is 12.1 Å². The number of nitrogens with zero attached hydrogens (tertiary/aromatic N) is 1. The van der Waals surface area contributed by atoms with E-state index in [1.807, 2.05) is 6.07 Å². The first kappa shape index (κ1) is 19.0. The molecule has 0 radical (unpaired) electrons. The van der Waals surface area contributed by atoms with Crippen LogP contribution in [0.1, 0.15) is 12.5 Å². The van der Waals surface area contributed by atoms with Gasteiger partial charge in [-0.1, -0.05) is 23.7 Å². The van der Waals surface area contributed by atoms with Crippen LogP contribution in [0.3, 0.4) is 0 Å². The Labute approximate surface area is 156 Å². The average molecular weight is 370 g/mol. The Bertz CT molecular complexity index is 899. The van der Waals surface area contributed by atoms with E-state index in [0.29, 0.717) is 27.7 Å². The van der Waals surface area contributed by atoms with Crippen LogP contribution in [0.5, 0.6) is 5.75 Å². The molecule has 0 atom stereocenters. The number of nitrogens with one attached hydrogen (secondary N) is 2. The second kappa shape index (κ2) is 8.70. The van der Waals surface area contributed by atoms with Crippen molar-refractivity contribution in [2.24, 2.45) is 0 Å². The standard InChI is InChI=1S/C19H16ClN3O3/c1-12(24)22-15-5-3-13(4-6-15)9-14(11-21)19(25)23-16-7-8-18(26-2)17(20)10-16/h3-10H,1-2H3,(H,22,24)(H,23,25)/b14-9-. The van der Waals surface area contributed by atoms with E-state index in [1.165, 1.54) is 26.2 Å². The molecule has 2 N–H and O–H groups in total. The maximum atomic E-state index is 12.3. The maximum Gasteiger partial charge on any atom is 0.266 e. The largest absolute Gasteiger partial charge is 0.495 e. The second-order valence-electron chi connectivity index (χ2n) is 5.28. The van der Waals surface area contributed by atoms with Crippen molar-refractivity contribution in [3.63, 3.8) is 0 Å². The number of hydrogen-bond donors (Lipinski definition) is 2. The molecule has 2 rings (SSSR count). The topological polar surface area (TPSA) is 91.2 Å². The van der Waals surface area contributed by atoms with Crippen LogP contribution in [0.2, 0.25) is 5.02 Å². The third kappa shape index (κ3) is 5.10. The molecule has 0 unspecified atom stereocenters. The molecule has 0 aliphatic rings. The lowest BCUT2D eigenvalue weighted by molar-refractivity contribution is -0.114. The highest BCUT2D eigenvalue weighted by molar-refractivity contribution is 6.32. The Balaban J connectivity index is 2.15. The normalized spacial score (nSPS) is 10.6. The summed E-state index contributed by atoms with van der Waals surface area (Å²) >= 11 is 6.02. The highest BCUT2D eigenvalue weighted by Gasteiger charge is 2.11. The van der Waals surface area contributed by atoms with Gasteiger partial charge in [0, 0.05) is 18.3 Å². The van der Waals surface area contributed by atoms with Gasteiger partial charge in [0.15, 0.2) is 0 Å². The average Bonchev–Trinajstić information content (AvgIpc) is 2.60. The molecule has 0 fully saturated rings. The van der Waals surface area contributed by atoms with Gasteiger partial charge in [-0.15, -0.1) is 0 Å². The number of rotatable bonds is 5. The van der Waals surface area contributed by atoms with E-state index in [2.05, 4.69) is 10.6 Å². The minimum atomic E-state index is -0.556. The fraction of sp³-hybridized carbons (Fsp3) is 0.105. The summed E-state index contributed by atoms with van der Waals surface area (Å²) in [5.41, 5.74) is 1.66. The number of benzene rings is 2. The van der Waals surface area contributed by atoms with Gasteiger partial charge in [-0.3, -0.25) is 9.59 Å². The molecule has 0 aromatic heterocycles. The Morgan fingerprint density at radius 2 is 1.77 bits per heavy atom. The highest BCUT2D eigenvalue weighted by atomic mass is 35.5.